The molecule has 3 rings (SSSR count). The second kappa shape index (κ2) is 8.33. The number of ether oxygens (including phenoxy) is 3. The molecule has 3 unspecified atom stereocenters. The van der Waals surface area contributed by atoms with E-state index in [1.165, 1.54) is 37.1 Å². The van der Waals surface area contributed by atoms with Crippen molar-refractivity contribution < 1.29 is 23.8 Å². The minimum atomic E-state index is -0.896. The first kappa shape index (κ1) is 21.0. The number of aromatic nitrogens is 4. The van der Waals surface area contributed by atoms with Crippen molar-refractivity contribution in [2.75, 3.05) is 12.9 Å². The number of esters is 2. The molecule has 11 nitrogen and oxygen atoms in total. The number of carbonyl (C=O) groups excluding carboxylic acids is 2. The number of H-pyrrole nitrogens is 1. The standard InChI is InChI=1S/C17H20N4O7S/c1-7-16(25)21(14-13(18-7)15(24)20-17(19-14)29-4)12-5-10(27-8(2)22)11(6-26-12)28-9(3)23/h10-12H,5-6H2,1-4H3,(H,19,20,24). The number of thioether (sulfide) groups is 1. The summed E-state index contributed by atoms with van der Waals surface area (Å²) in [5.74, 6) is -1.11. The average molecular weight is 424 g/mol. The summed E-state index contributed by atoms with van der Waals surface area (Å²) in [7, 11) is 0. The quantitative estimate of drug-likeness (QED) is 0.413. The van der Waals surface area contributed by atoms with Gasteiger partial charge < -0.3 is 14.2 Å². The summed E-state index contributed by atoms with van der Waals surface area (Å²) in [6.45, 7) is 3.85. The summed E-state index contributed by atoms with van der Waals surface area (Å²) >= 11 is 1.20. The lowest BCUT2D eigenvalue weighted by molar-refractivity contribution is -0.194. The van der Waals surface area contributed by atoms with E-state index in [1.807, 2.05) is 0 Å². The molecule has 29 heavy (non-hydrogen) atoms. The molecule has 0 amide bonds. The van der Waals surface area contributed by atoms with E-state index >= 15 is 0 Å². The van der Waals surface area contributed by atoms with Crippen LogP contribution in [0.15, 0.2) is 14.7 Å². The Morgan fingerprint density at radius 1 is 1.17 bits per heavy atom. The molecular formula is C17H20N4O7S. The Morgan fingerprint density at radius 2 is 1.83 bits per heavy atom. The number of hydrogen-bond acceptors (Lipinski definition) is 10. The number of aromatic amines is 1. The second-order valence-corrected chi connectivity index (χ2v) is 7.23. The Bertz CT molecular complexity index is 1080. The normalized spacial score (nSPS) is 21.7. The maximum Gasteiger partial charge on any atom is 0.303 e. The summed E-state index contributed by atoms with van der Waals surface area (Å²) < 4.78 is 17.4. The van der Waals surface area contributed by atoms with Crippen molar-refractivity contribution in [2.24, 2.45) is 0 Å². The van der Waals surface area contributed by atoms with Crippen LogP contribution in [0, 0.1) is 6.92 Å². The van der Waals surface area contributed by atoms with Crippen LogP contribution in [0.4, 0.5) is 0 Å². The third kappa shape index (κ3) is 4.32. The van der Waals surface area contributed by atoms with Gasteiger partial charge >= 0.3 is 11.9 Å². The van der Waals surface area contributed by atoms with E-state index in [-0.39, 0.29) is 29.9 Å². The van der Waals surface area contributed by atoms with E-state index in [4.69, 9.17) is 14.2 Å². The maximum absolute atomic E-state index is 12.8. The van der Waals surface area contributed by atoms with E-state index in [9.17, 15) is 19.2 Å². The van der Waals surface area contributed by atoms with Gasteiger partial charge in [-0.1, -0.05) is 11.8 Å². The van der Waals surface area contributed by atoms with Crippen LogP contribution in [-0.4, -0.2) is 56.5 Å². The van der Waals surface area contributed by atoms with E-state index in [1.54, 1.807) is 6.26 Å². The molecule has 2 aromatic rings. The molecule has 0 saturated carbocycles. The molecule has 0 spiro atoms. The Morgan fingerprint density at radius 3 is 2.45 bits per heavy atom. The van der Waals surface area contributed by atoms with Gasteiger partial charge in [0.2, 0.25) is 0 Å². The topological polar surface area (TPSA) is 142 Å². The largest absolute Gasteiger partial charge is 0.458 e. The molecule has 0 aliphatic carbocycles. The molecule has 1 aliphatic heterocycles. The fourth-order valence-corrected chi connectivity index (χ4v) is 3.50. The van der Waals surface area contributed by atoms with Crippen molar-refractivity contribution in [1.82, 2.24) is 19.5 Å². The summed E-state index contributed by atoms with van der Waals surface area (Å²) in [6.07, 6.45) is -0.778. The molecule has 1 saturated heterocycles. The number of nitrogens with zero attached hydrogens (tertiary/aromatic N) is 3. The van der Waals surface area contributed by atoms with Gasteiger partial charge in [0.05, 0.1) is 6.61 Å². The van der Waals surface area contributed by atoms with Gasteiger partial charge in [0.25, 0.3) is 11.1 Å². The smallest absolute Gasteiger partial charge is 0.303 e. The van der Waals surface area contributed by atoms with Crippen LogP contribution < -0.4 is 11.1 Å². The molecule has 0 bridgehead atoms. The lowest BCUT2D eigenvalue weighted by Gasteiger charge is -2.35. The molecule has 1 N–H and O–H groups in total. The van der Waals surface area contributed by atoms with E-state index in [0.29, 0.717) is 5.16 Å². The zero-order valence-corrected chi connectivity index (χ0v) is 17.1. The van der Waals surface area contributed by atoms with Crippen LogP contribution in [0.2, 0.25) is 0 Å². The number of fused-ring (bicyclic) bond motifs is 1. The fraction of sp³-hybridized carbons (Fsp3) is 0.529. The molecule has 1 aliphatic rings. The SMILES string of the molecule is CSc1nc2c(nc(C)c(=O)n2C2CC(OC(C)=O)C(OC(C)=O)CO2)c(=O)[nH]1. The Balaban J connectivity index is 2.10. The number of aryl methyl sites for hydroxylation is 1. The molecule has 1 fully saturated rings. The summed E-state index contributed by atoms with van der Waals surface area (Å²) in [5, 5.41) is 0.312. The molecule has 3 atom stereocenters. The molecule has 12 heteroatoms. The van der Waals surface area contributed by atoms with Crippen LogP contribution in [0.5, 0.6) is 0 Å². The van der Waals surface area contributed by atoms with E-state index in [0.717, 1.165) is 0 Å². The number of carbonyl (C=O) groups is 2. The first-order chi connectivity index (χ1) is 13.7. The van der Waals surface area contributed by atoms with Crippen LogP contribution in [0.3, 0.4) is 0 Å². The van der Waals surface area contributed by atoms with Crippen LogP contribution in [0.1, 0.15) is 32.2 Å². The van der Waals surface area contributed by atoms with Crippen LogP contribution >= 0.6 is 11.8 Å². The van der Waals surface area contributed by atoms with Crippen molar-refractivity contribution in [3.63, 3.8) is 0 Å². The number of rotatable bonds is 4. The Hall–Kier alpha value is -2.73. The lowest BCUT2D eigenvalue weighted by atomic mass is 10.1. The average Bonchev–Trinajstić information content (AvgIpc) is 2.64. The molecule has 0 radical (unpaired) electrons. The summed E-state index contributed by atoms with van der Waals surface area (Å²) in [4.78, 5) is 59.1. The highest BCUT2D eigenvalue weighted by Gasteiger charge is 2.38. The highest BCUT2D eigenvalue weighted by atomic mass is 32.2. The Kier molecular flexibility index (Phi) is 6.03. The van der Waals surface area contributed by atoms with Crippen LogP contribution in [-0.2, 0) is 23.8 Å². The fourth-order valence-electron chi connectivity index (χ4n) is 3.13. The third-order valence-corrected chi connectivity index (χ3v) is 4.89. The van der Waals surface area contributed by atoms with Gasteiger partial charge in [0.1, 0.15) is 18.0 Å². The van der Waals surface area contributed by atoms with Crippen molar-refractivity contribution in [1.29, 1.82) is 0 Å². The molecule has 156 valence electrons. The monoisotopic (exact) mass is 424 g/mol. The summed E-state index contributed by atoms with van der Waals surface area (Å²) in [5.41, 5.74) is -0.821. The second-order valence-electron chi connectivity index (χ2n) is 6.44. The maximum atomic E-state index is 12.8. The number of hydrogen-bond donors (Lipinski definition) is 1. The van der Waals surface area contributed by atoms with Crippen molar-refractivity contribution >= 4 is 34.9 Å². The minimum Gasteiger partial charge on any atom is -0.458 e. The number of nitrogens with one attached hydrogen (secondary N) is 1. The minimum absolute atomic E-state index is 0.00496. The molecular weight excluding hydrogens is 404 g/mol. The first-order valence-corrected chi connectivity index (χ1v) is 9.97. The highest BCUT2D eigenvalue weighted by Crippen LogP contribution is 2.28. The predicted octanol–water partition coefficient (Wildman–Crippen LogP) is 0.292. The first-order valence-electron chi connectivity index (χ1n) is 8.74. The van der Waals surface area contributed by atoms with Gasteiger partial charge in [-0.05, 0) is 13.2 Å². The van der Waals surface area contributed by atoms with Gasteiger partial charge in [-0.15, -0.1) is 0 Å². The van der Waals surface area contributed by atoms with Gasteiger partial charge in [0, 0.05) is 20.3 Å². The van der Waals surface area contributed by atoms with E-state index in [2.05, 4.69) is 15.0 Å². The predicted molar refractivity (Wildman–Crippen MR) is 102 cm³/mol. The zero-order chi connectivity index (χ0) is 21.3. The van der Waals surface area contributed by atoms with E-state index < -0.39 is 41.5 Å². The molecule has 0 aromatic carbocycles. The van der Waals surface area contributed by atoms with Crippen molar-refractivity contribution in [3.05, 3.63) is 26.4 Å². The van der Waals surface area contributed by atoms with Gasteiger partial charge in [-0.25, -0.2) is 9.97 Å². The molecule has 2 aromatic heterocycles. The zero-order valence-electron chi connectivity index (χ0n) is 16.3. The van der Waals surface area contributed by atoms with Crippen molar-refractivity contribution in [2.45, 2.75) is 50.8 Å². The molecule has 3 heterocycles. The lowest BCUT2D eigenvalue weighted by Crippen LogP contribution is -2.46. The highest BCUT2D eigenvalue weighted by molar-refractivity contribution is 7.98. The van der Waals surface area contributed by atoms with Gasteiger partial charge in [-0.3, -0.25) is 28.7 Å². The summed E-state index contributed by atoms with van der Waals surface area (Å²) in [6, 6.07) is 0. The third-order valence-electron chi connectivity index (χ3n) is 4.31. The van der Waals surface area contributed by atoms with Gasteiger partial charge in [0.15, 0.2) is 22.4 Å². The van der Waals surface area contributed by atoms with Crippen molar-refractivity contribution in [3.8, 4) is 0 Å². The van der Waals surface area contributed by atoms with Crippen LogP contribution in [0.25, 0.3) is 11.2 Å². The van der Waals surface area contributed by atoms with Gasteiger partial charge in [-0.2, -0.15) is 0 Å². The Labute approximate surface area is 168 Å².